The van der Waals surface area contributed by atoms with Crippen molar-refractivity contribution in [1.82, 2.24) is 20.0 Å². The third-order valence-corrected chi connectivity index (χ3v) is 4.87. The summed E-state index contributed by atoms with van der Waals surface area (Å²) < 4.78 is 10.2. The minimum atomic E-state index is -0.320. The maximum absolute atomic E-state index is 11.8. The van der Waals surface area contributed by atoms with Gasteiger partial charge in [-0.3, -0.25) is 4.90 Å². The highest BCUT2D eigenvalue weighted by molar-refractivity contribution is 5.96. The molecule has 3 aromatic rings. The van der Waals surface area contributed by atoms with Crippen LogP contribution >= 0.6 is 0 Å². The topological polar surface area (TPSA) is 84.3 Å². The number of benzene rings is 1. The monoisotopic (exact) mass is 340 g/mol. The molecule has 0 saturated heterocycles. The van der Waals surface area contributed by atoms with E-state index in [-0.39, 0.29) is 12.0 Å². The highest BCUT2D eigenvalue weighted by atomic mass is 16.5. The van der Waals surface area contributed by atoms with Gasteiger partial charge in [-0.15, -0.1) is 0 Å². The average molecular weight is 340 g/mol. The summed E-state index contributed by atoms with van der Waals surface area (Å²) in [5.41, 5.74) is 4.05. The van der Waals surface area contributed by atoms with E-state index in [0.29, 0.717) is 17.3 Å². The normalized spacial score (nSPS) is 16.0. The lowest BCUT2D eigenvalue weighted by Gasteiger charge is -2.30. The minimum Gasteiger partial charge on any atom is -0.465 e. The second-order valence-corrected chi connectivity index (χ2v) is 6.41. The van der Waals surface area contributed by atoms with E-state index in [1.807, 2.05) is 19.1 Å². The van der Waals surface area contributed by atoms with Crippen LogP contribution in [0.3, 0.4) is 0 Å². The molecule has 1 aliphatic heterocycles. The number of carbonyl (C=O) groups is 1. The molecule has 0 saturated carbocycles. The fourth-order valence-corrected chi connectivity index (χ4v) is 3.45. The van der Waals surface area contributed by atoms with Crippen molar-refractivity contribution in [3.8, 4) is 0 Å². The molecule has 1 aliphatic rings. The van der Waals surface area contributed by atoms with Crippen molar-refractivity contribution in [3.63, 3.8) is 0 Å². The molecule has 4 rings (SSSR count). The summed E-state index contributed by atoms with van der Waals surface area (Å²) in [5.74, 6) is 0.963. The summed E-state index contributed by atoms with van der Waals surface area (Å²) in [7, 11) is 1.40. The van der Waals surface area contributed by atoms with Crippen LogP contribution in [-0.4, -0.2) is 39.6 Å². The maximum Gasteiger partial charge on any atom is 0.337 e. The maximum atomic E-state index is 11.8. The zero-order chi connectivity index (χ0) is 17.6. The van der Waals surface area contributed by atoms with E-state index < -0.39 is 0 Å². The number of H-pyrrole nitrogens is 1. The van der Waals surface area contributed by atoms with Crippen molar-refractivity contribution >= 4 is 16.9 Å². The molecule has 0 fully saturated rings. The van der Waals surface area contributed by atoms with E-state index in [9.17, 15) is 4.79 Å². The van der Waals surface area contributed by atoms with Crippen molar-refractivity contribution in [3.05, 3.63) is 46.7 Å². The van der Waals surface area contributed by atoms with Crippen LogP contribution in [-0.2, 0) is 17.7 Å². The Hall–Kier alpha value is -2.67. The molecule has 1 N–H and O–H groups in total. The molecule has 0 bridgehead atoms. The number of esters is 1. The smallest absolute Gasteiger partial charge is 0.337 e. The molecule has 7 heteroatoms. The Kier molecular flexibility index (Phi) is 3.80. The lowest BCUT2D eigenvalue weighted by Crippen LogP contribution is -2.32. The molecule has 0 amide bonds. The lowest BCUT2D eigenvalue weighted by molar-refractivity contribution is 0.0601. The quantitative estimate of drug-likeness (QED) is 0.738. The van der Waals surface area contributed by atoms with Crippen molar-refractivity contribution < 1.29 is 14.1 Å². The Morgan fingerprint density at radius 2 is 2.28 bits per heavy atom. The number of rotatable bonds is 3. The fourth-order valence-electron chi connectivity index (χ4n) is 3.45. The van der Waals surface area contributed by atoms with E-state index >= 15 is 0 Å². The van der Waals surface area contributed by atoms with Gasteiger partial charge in [0.15, 0.2) is 5.82 Å². The molecule has 1 aromatic carbocycles. The van der Waals surface area contributed by atoms with Gasteiger partial charge in [0.25, 0.3) is 0 Å². The van der Waals surface area contributed by atoms with E-state index in [2.05, 4.69) is 26.9 Å². The molecule has 0 aliphatic carbocycles. The van der Waals surface area contributed by atoms with Gasteiger partial charge < -0.3 is 14.2 Å². The minimum absolute atomic E-state index is 0.0445. The number of aryl methyl sites for hydroxylation is 1. The van der Waals surface area contributed by atoms with Gasteiger partial charge in [0.1, 0.15) is 0 Å². The number of nitrogens with one attached hydrogen (secondary N) is 1. The van der Waals surface area contributed by atoms with Gasteiger partial charge in [-0.1, -0.05) is 5.16 Å². The lowest BCUT2D eigenvalue weighted by atomic mass is 10.0. The van der Waals surface area contributed by atoms with Crippen molar-refractivity contribution in [2.45, 2.75) is 32.9 Å². The van der Waals surface area contributed by atoms with Crippen LogP contribution in [0.2, 0.25) is 0 Å². The number of aromatic nitrogens is 3. The molecule has 0 spiro atoms. The molecule has 7 nitrogen and oxygen atoms in total. The number of aromatic amines is 1. The van der Waals surface area contributed by atoms with Crippen LogP contribution in [0.25, 0.3) is 10.9 Å². The summed E-state index contributed by atoms with van der Waals surface area (Å²) in [5, 5.41) is 4.95. The molecule has 0 unspecified atom stereocenters. The van der Waals surface area contributed by atoms with Crippen LogP contribution in [0.5, 0.6) is 0 Å². The molecule has 1 atom stereocenters. The second-order valence-electron chi connectivity index (χ2n) is 6.41. The van der Waals surface area contributed by atoms with Crippen LogP contribution in [0, 0.1) is 6.92 Å². The van der Waals surface area contributed by atoms with Gasteiger partial charge in [0.05, 0.1) is 18.7 Å². The van der Waals surface area contributed by atoms with Crippen LogP contribution in [0.4, 0.5) is 0 Å². The van der Waals surface area contributed by atoms with E-state index in [1.165, 1.54) is 18.4 Å². The van der Waals surface area contributed by atoms with Gasteiger partial charge >= 0.3 is 5.97 Å². The first-order valence-electron chi connectivity index (χ1n) is 8.33. The SMILES string of the molecule is COC(=O)c1ccc2[nH]c3c(c2c1)CN([C@@H](C)c1nc(C)no1)CC3. The Labute approximate surface area is 145 Å². The first kappa shape index (κ1) is 15.8. The predicted molar refractivity (Wildman–Crippen MR) is 91.2 cm³/mol. The number of hydrogen-bond donors (Lipinski definition) is 1. The zero-order valence-corrected chi connectivity index (χ0v) is 14.5. The molecule has 2 aromatic heterocycles. The van der Waals surface area contributed by atoms with Crippen LogP contribution in [0.15, 0.2) is 22.7 Å². The van der Waals surface area contributed by atoms with E-state index in [0.717, 1.165) is 30.4 Å². The third-order valence-electron chi connectivity index (χ3n) is 4.87. The fraction of sp³-hybridized carbons (Fsp3) is 0.389. The van der Waals surface area contributed by atoms with Gasteiger partial charge in [-0.25, -0.2) is 4.79 Å². The van der Waals surface area contributed by atoms with Crippen molar-refractivity contribution in [1.29, 1.82) is 0 Å². The number of fused-ring (bicyclic) bond motifs is 3. The Morgan fingerprint density at radius 1 is 1.44 bits per heavy atom. The number of carbonyl (C=O) groups excluding carboxylic acids is 1. The Bertz CT molecular complexity index is 943. The standard InChI is InChI=1S/C18H20N4O3/c1-10(17-19-11(2)21-25-17)22-7-6-16-14(9-22)13-8-12(18(23)24-3)4-5-15(13)20-16/h4-5,8,10,20H,6-7,9H2,1-3H3/t10-/m0/s1. The highest BCUT2D eigenvalue weighted by Crippen LogP contribution is 2.32. The van der Waals surface area contributed by atoms with Crippen molar-refractivity contribution in [2.75, 3.05) is 13.7 Å². The first-order chi connectivity index (χ1) is 12.1. The number of nitrogens with zero attached hydrogens (tertiary/aromatic N) is 3. The molecular formula is C18H20N4O3. The third kappa shape index (κ3) is 2.70. The van der Waals surface area contributed by atoms with E-state index in [4.69, 9.17) is 9.26 Å². The van der Waals surface area contributed by atoms with Gasteiger partial charge in [0.2, 0.25) is 5.89 Å². The summed E-state index contributed by atoms with van der Waals surface area (Å²) in [6.45, 7) is 5.57. The van der Waals surface area contributed by atoms with Crippen molar-refractivity contribution in [2.24, 2.45) is 0 Å². The van der Waals surface area contributed by atoms with Gasteiger partial charge in [-0.2, -0.15) is 4.98 Å². The Balaban J connectivity index is 1.68. The second kappa shape index (κ2) is 6.00. The predicted octanol–water partition coefficient (Wildman–Crippen LogP) is 2.77. The molecule has 130 valence electrons. The first-order valence-corrected chi connectivity index (χ1v) is 8.33. The summed E-state index contributed by atoms with van der Waals surface area (Å²) in [4.78, 5) is 22.0. The van der Waals surface area contributed by atoms with Gasteiger partial charge in [0, 0.05) is 36.1 Å². The molecule has 3 heterocycles. The summed E-state index contributed by atoms with van der Waals surface area (Å²) in [6.07, 6.45) is 0.912. The number of methoxy groups -OCH3 is 1. The average Bonchev–Trinajstić information content (AvgIpc) is 3.22. The highest BCUT2D eigenvalue weighted by Gasteiger charge is 2.27. The number of hydrogen-bond acceptors (Lipinski definition) is 6. The summed E-state index contributed by atoms with van der Waals surface area (Å²) >= 11 is 0. The molecular weight excluding hydrogens is 320 g/mol. The molecule has 25 heavy (non-hydrogen) atoms. The van der Waals surface area contributed by atoms with Gasteiger partial charge in [-0.05, 0) is 37.6 Å². The van der Waals surface area contributed by atoms with E-state index in [1.54, 1.807) is 6.07 Å². The molecule has 0 radical (unpaired) electrons. The zero-order valence-electron chi connectivity index (χ0n) is 14.5. The number of ether oxygens (including phenoxy) is 1. The Morgan fingerprint density at radius 3 is 3.00 bits per heavy atom. The van der Waals surface area contributed by atoms with Crippen LogP contribution in [0.1, 0.15) is 46.3 Å². The summed E-state index contributed by atoms with van der Waals surface area (Å²) in [6, 6.07) is 5.68. The van der Waals surface area contributed by atoms with Crippen LogP contribution < -0.4 is 0 Å². The largest absolute Gasteiger partial charge is 0.465 e.